The van der Waals surface area contributed by atoms with Gasteiger partial charge < -0.3 is 0 Å². The molecule has 0 nitrogen and oxygen atoms in total. The molecule has 0 aliphatic carbocycles. The molecule has 0 spiro atoms. The van der Waals surface area contributed by atoms with Gasteiger partial charge in [0.2, 0.25) is 0 Å². The average Bonchev–Trinajstić information content (AvgIpc) is 2.46. The number of hydrogen-bond donors (Lipinski definition) is 0. The van der Waals surface area contributed by atoms with Gasteiger partial charge in [0.25, 0.3) is 0 Å². The van der Waals surface area contributed by atoms with Crippen LogP contribution in [0.15, 0.2) is 30.3 Å². The van der Waals surface area contributed by atoms with E-state index in [-0.39, 0.29) is 0 Å². The van der Waals surface area contributed by atoms with Crippen LogP contribution in [0.4, 0.5) is 0 Å². The first kappa shape index (κ1) is 20.3. The summed E-state index contributed by atoms with van der Waals surface area (Å²) in [7, 11) is 48.7. The standard InChI is InChI=1S/C6H5B16/c7-15-20(17(9)10)21(22(18(11)12)19(13)14)16(8)6-4-2-1-3-5-6/h1-5H. The molecule has 0 amide bonds. The summed E-state index contributed by atoms with van der Waals surface area (Å²) in [6.07, 6.45) is -3.63. The van der Waals surface area contributed by atoms with Gasteiger partial charge in [0.1, 0.15) is 0 Å². The van der Waals surface area contributed by atoms with Crippen LogP contribution < -0.4 is 5.46 Å². The summed E-state index contributed by atoms with van der Waals surface area (Å²) in [6.45, 7) is -0.463. The lowest BCUT2D eigenvalue weighted by Crippen LogP contribution is -2.78. The molecule has 0 aliphatic rings. The highest BCUT2D eigenvalue weighted by atomic mass is 13.8. The first-order valence-electron chi connectivity index (χ1n) is 7.20. The van der Waals surface area contributed by atoms with Crippen molar-refractivity contribution >= 4 is 119 Å². The molecule has 0 N–H and O–H groups in total. The predicted molar refractivity (Wildman–Crippen MR) is 118 cm³/mol. The van der Waals surface area contributed by atoms with E-state index in [1.807, 2.05) is 30.3 Å². The summed E-state index contributed by atoms with van der Waals surface area (Å²) in [5.74, 6) is 0. The molecule has 0 bridgehead atoms. The Labute approximate surface area is 149 Å². The van der Waals surface area contributed by atoms with Crippen molar-refractivity contribution in [2.75, 3.05) is 0 Å². The number of benzene rings is 1. The van der Waals surface area contributed by atoms with Crippen LogP contribution >= 0.6 is 0 Å². The first-order valence-corrected chi connectivity index (χ1v) is 7.20. The third-order valence-corrected chi connectivity index (χ3v) is 4.04. The first-order chi connectivity index (χ1) is 10.3. The molecule has 0 atom stereocenters. The van der Waals surface area contributed by atoms with Crippen molar-refractivity contribution in [1.29, 1.82) is 0 Å². The quantitative estimate of drug-likeness (QED) is 0.405. The number of hydrogen-bond acceptors (Lipinski definition) is 0. The third-order valence-electron chi connectivity index (χ3n) is 4.04. The highest BCUT2D eigenvalue weighted by Crippen LogP contribution is 2.04. The van der Waals surface area contributed by atoms with Crippen molar-refractivity contribution < 1.29 is 0 Å². The zero-order valence-corrected chi connectivity index (χ0v) is 12.6. The van der Waals surface area contributed by atoms with Crippen molar-refractivity contribution in [3.8, 4) is 0 Å². The van der Waals surface area contributed by atoms with Crippen molar-refractivity contribution in [1.82, 2.24) is 0 Å². The van der Waals surface area contributed by atoms with Gasteiger partial charge in [-0.15, -0.1) is 0 Å². The molecule has 0 fully saturated rings. The van der Waals surface area contributed by atoms with Crippen LogP contribution in [0.5, 0.6) is 0 Å². The molecule has 1 aromatic rings. The van der Waals surface area contributed by atoms with Gasteiger partial charge in [0.05, 0.1) is 6.49 Å². The minimum Gasteiger partial charge on any atom is -0.0993 e. The van der Waals surface area contributed by atoms with E-state index in [2.05, 4.69) is 0 Å². The van der Waals surface area contributed by atoms with Gasteiger partial charge in [-0.05, 0) is 0 Å². The van der Waals surface area contributed by atoms with Crippen molar-refractivity contribution in [2.45, 2.75) is 0 Å². The van der Waals surface area contributed by atoms with Gasteiger partial charge in [-0.1, -0.05) is 35.8 Å². The summed E-state index contributed by atoms with van der Waals surface area (Å²) in [5, 5.41) is 0. The maximum Gasteiger partial charge on any atom is 0.0805 e. The minimum absolute atomic E-state index is 0.396. The topological polar surface area (TPSA) is 0 Å². The van der Waals surface area contributed by atoms with Gasteiger partial charge in [-0.25, -0.2) is 0 Å². The Morgan fingerprint density at radius 3 is 1.55 bits per heavy atom. The monoisotopic (exact) mass is 253 g/mol. The highest BCUT2D eigenvalue weighted by molar-refractivity contribution is 8.13. The van der Waals surface area contributed by atoms with E-state index in [4.69, 9.17) is 61.9 Å². The Bertz CT molecular complexity index is 412. The van der Waals surface area contributed by atoms with Gasteiger partial charge in [-0.3, -0.25) is 0 Å². The fourth-order valence-corrected chi connectivity index (χ4v) is 2.92. The van der Waals surface area contributed by atoms with E-state index in [9.17, 15) is 0 Å². The van der Waals surface area contributed by atoms with Crippen molar-refractivity contribution in [3.05, 3.63) is 30.3 Å². The Kier molecular flexibility index (Phi) is 8.79. The predicted octanol–water partition coefficient (Wildman–Crippen LogP) is -5.23. The molecule has 0 aliphatic heterocycles. The van der Waals surface area contributed by atoms with Gasteiger partial charge in [0, 0.05) is 107 Å². The van der Waals surface area contributed by atoms with Crippen LogP contribution in [0, 0.1) is 0 Å². The van der Waals surface area contributed by atoms with Gasteiger partial charge >= 0.3 is 0 Å². The molecular weight excluding hydrogens is 245 g/mol. The normalized spacial score (nSPS) is 9.45. The van der Waals surface area contributed by atoms with E-state index < -0.39 is 44.8 Å². The Morgan fingerprint density at radius 2 is 1.18 bits per heavy atom. The molecule has 17 radical (unpaired) electrons. The summed E-state index contributed by atoms with van der Waals surface area (Å²) < 4.78 is 0. The molecule has 0 saturated heterocycles. The molecule has 1 aromatic carbocycles. The van der Waals surface area contributed by atoms with Crippen LogP contribution in [-0.4, -0.2) is 114 Å². The number of rotatable bonds is 8. The van der Waals surface area contributed by atoms with Crippen molar-refractivity contribution in [3.63, 3.8) is 0 Å². The van der Waals surface area contributed by atoms with Crippen LogP contribution in [0.3, 0.4) is 0 Å². The molecular formula is C6H5B16. The lowest BCUT2D eigenvalue weighted by atomic mass is 8.44. The smallest absolute Gasteiger partial charge is 0.0805 e. The lowest BCUT2D eigenvalue weighted by Gasteiger charge is -2.39. The second-order valence-corrected chi connectivity index (χ2v) is 5.59. The zero-order chi connectivity index (χ0) is 16.9. The lowest BCUT2D eigenvalue weighted by molar-refractivity contribution is 1.77. The second-order valence-electron chi connectivity index (χ2n) is 5.59. The average molecular weight is 250 g/mol. The summed E-state index contributed by atoms with van der Waals surface area (Å²) in [5.41, 5.74) is 0.881. The van der Waals surface area contributed by atoms with Crippen molar-refractivity contribution in [2.24, 2.45) is 0 Å². The summed E-state index contributed by atoms with van der Waals surface area (Å²) >= 11 is 0. The maximum absolute atomic E-state index is 6.42. The summed E-state index contributed by atoms with van der Waals surface area (Å²) in [4.78, 5) is 0. The molecule has 0 unspecified atom stereocenters. The fourth-order valence-electron chi connectivity index (χ4n) is 2.92. The third kappa shape index (κ3) is 5.13. The van der Waals surface area contributed by atoms with Crippen LogP contribution in [0.1, 0.15) is 0 Å². The van der Waals surface area contributed by atoms with E-state index in [1.165, 1.54) is 7.06 Å². The summed E-state index contributed by atoms with van der Waals surface area (Å²) in [6, 6.07) is 9.46. The maximum atomic E-state index is 6.42. The van der Waals surface area contributed by atoms with E-state index >= 15 is 0 Å². The van der Waals surface area contributed by atoms with E-state index in [0.717, 1.165) is 5.46 Å². The van der Waals surface area contributed by atoms with Crippen LogP contribution in [0.2, 0.25) is 0 Å². The molecule has 0 heterocycles. The Morgan fingerprint density at radius 1 is 0.682 bits per heavy atom. The zero-order valence-electron chi connectivity index (χ0n) is 12.6. The Balaban J connectivity index is 3.26. The van der Waals surface area contributed by atoms with E-state index in [1.54, 1.807) is 0 Å². The largest absolute Gasteiger partial charge is 0.0993 e. The highest BCUT2D eigenvalue weighted by Gasteiger charge is 2.42. The van der Waals surface area contributed by atoms with E-state index in [0.29, 0.717) is 0 Å². The molecule has 77 valence electrons. The molecule has 16 heteroatoms. The molecule has 1 rings (SSSR count). The van der Waals surface area contributed by atoms with Gasteiger partial charge in [-0.2, -0.15) is 0 Å². The van der Waals surface area contributed by atoms with Crippen LogP contribution in [0.25, 0.3) is 0 Å². The second kappa shape index (κ2) is 9.53. The molecule has 0 saturated carbocycles. The fraction of sp³-hybridized carbons (Fsp3) is 0. The Hall–Kier alpha value is 0.259. The minimum atomic E-state index is -0.777. The molecule has 22 heavy (non-hydrogen) atoms. The van der Waals surface area contributed by atoms with Gasteiger partial charge in [0.15, 0.2) is 0 Å². The van der Waals surface area contributed by atoms with Crippen LogP contribution in [-0.2, 0) is 0 Å². The SMILES string of the molecule is [B][B]B(B([B])[B])B(B(B([B])[B])B([B])[B])B([B])c1ccccc1. The molecule has 0 aromatic heterocycles.